The van der Waals surface area contributed by atoms with E-state index in [0.717, 1.165) is 13.1 Å². The number of likely N-dealkylation sites (N-methyl/N-ethyl adjacent to an activating group) is 1. The minimum absolute atomic E-state index is 0.267. The van der Waals surface area contributed by atoms with Crippen molar-refractivity contribution in [3.8, 4) is 0 Å². The Hall–Kier alpha value is -1.89. The Balaban J connectivity index is 2.50. The van der Waals surface area contributed by atoms with Crippen molar-refractivity contribution in [3.05, 3.63) is 34.9 Å². The van der Waals surface area contributed by atoms with Gasteiger partial charge in [-0.05, 0) is 13.6 Å². The summed E-state index contributed by atoms with van der Waals surface area (Å²) >= 11 is 0. The molecule has 0 aromatic carbocycles. The van der Waals surface area contributed by atoms with Crippen LogP contribution in [0.15, 0.2) is 24.8 Å². The summed E-state index contributed by atoms with van der Waals surface area (Å²) in [7, 11) is 1.96. The number of hydrogen-bond donors (Lipinski definition) is 0. The molecule has 1 aliphatic rings. The summed E-state index contributed by atoms with van der Waals surface area (Å²) in [4.78, 5) is 24.9. The lowest BCUT2D eigenvalue weighted by Gasteiger charge is -2.32. The molecule has 7 heteroatoms. The van der Waals surface area contributed by atoms with Gasteiger partial charge in [-0.2, -0.15) is 0 Å². The first-order valence-corrected chi connectivity index (χ1v) is 5.09. The second kappa shape index (κ2) is 5.44. The van der Waals surface area contributed by atoms with Gasteiger partial charge in [0.25, 0.3) is 5.91 Å². The van der Waals surface area contributed by atoms with E-state index < -0.39 is 16.7 Å². The Morgan fingerprint density at radius 2 is 1.82 bits per heavy atom. The lowest BCUT2D eigenvalue weighted by atomic mass is 10.3. The Bertz CT molecular complexity index is 359. The van der Waals surface area contributed by atoms with Crippen LogP contribution < -0.4 is 0 Å². The molecule has 1 amide bonds. The molecule has 0 aromatic heterocycles. The van der Waals surface area contributed by atoms with Crippen LogP contribution in [0.1, 0.15) is 0 Å². The fourth-order valence-electron chi connectivity index (χ4n) is 1.41. The second-order valence-electron chi connectivity index (χ2n) is 3.77. The lowest BCUT2D eigenvalue weighted by Crippen LogP contribution is -2.47. The molecular weight excluding hydrogens is 226 g/mol. The maximum atomic E-state index is 11.8. The van der Waals surface area contributed by atoms with Crippen LogP contribution >= 0.6 is 0 Å². The van der Waals surface area contributed by atoms with E-state index in [9.17, 15) is 14.9 Å². The van der Waals surface area contributed by atoms with Crippen molar-refractivity contribution >= 4 is 5.91 Å². The Morgan fingerprint density at radius 3 is 2.29 bits per heavy atom. The third-order valence-electron chi connectivity index (χ3n) is 2.47. The molecule has 17 heavy (non-hydrogen) atoms. The average Bonchev–Trinajstić information content (AvgIpc) is 2.28. The number of rotatable bonds is 4. The SMILES string of the molecule is C=C(OC(=C)[N+](=O)[O-])C(=O)N1CCN(C)CC1. The van der Waals surface area contributed by atoms with Gasteiger partial charge in [0.05, 0.1) is 0 Å². The van der Waals surface area contributed by atoms with Gasteiger partial charge in [-0.1, -0.05) is 0 Å². The van der Waals surface area contributed by atoms with Gasteiger partial charge in [0.2, 0.25) is 0 Å². The predicted octanol–water partition coefficient (Wildman–Crippen LogP) is 0.0386. The van der Waals surface area contributed by atoms with Crippen LogP contribution in [0.3, 0.4) is 0 Å². The van der Waals surface area contributed by atoms with Crippen molar-refractivity contribution in [2.24, 2.45) is 0 Å². The maximum Gasteiger partial charge on any atom is 0.426 e. The standard InChI is InChI=1S/C10H15N3O4/c1-8(17-9(2)13(15)16)10(14)12-6-4-11(3)5-7-12/h1-2,4-7H2,3H3. The van der Waals surface area contributed by atoms with Gasteiger partial charge >= 0.3 is 5.88 Å². The summed E-state index contributed by atoms with van der Waals surface area (Å²) in [6, 6.07) is 0. The van der Waals surface area contributed by atoms with Crippen LogP contribution in [0.4, 0.5) is 0 Å². The van der Waals surface area contributed by atoms with Gasteiger partial charge in [-0.25, -0.2) is 0 Å². The molecule has 0 radical (unpaired) electrons. The van der Waals surface area contributed by atoms with E-state index in [2.05, 4.69) is 22.8 Å². The molecule has 1 rings (SSSR count). The highest BCUT2D eigenvalue weighted by molar-refractivity contribution is 5.91. The fraction of sp³-hybridized carbons (Fsp3) is 0.500. The summed E-state index contributed by atoms with van der Waals surface area (Å²) in [6.07, 6.45) is 0. The first kappa shape index (κ1) is 13.2. The molecule has 0 bridgehead atoms. The van der Waals surface area contributed by atoms with Crippen molar-refractivity contribution < 1.29 is 14.5 Å². The van der Waals surface area contributed by atoms with Crippen molar-refractivity contribution in [2.45, 2.75) is 0 Å². The van der Waals surface area contributed by atoms with Crippen molar-refractivity contribution in [1.29, 1.82) is 0 Å². The molecule has 0 aliphatic carbocycles. The molecule has 1 fully saturated rings. The number of nitrogens with zero attached hydrogens (tertiary/aromatic N) is 3. The zero-order chi connectivity index (χ0) is 13.0. The number of hydrogen-bond acceptors (Lipinski definition) is 5. The molecule has 1 heterocycles. The molecule has 0 saturated carbocycles. The summed E-state index contributed by atoms with van der Waals surface area (Å²) in [6.45, 7) is 9.09. The average molecular weight is 241 g/mol. The zero-order valence-electron chi connectivity index (χ0n) is 9.72. The maximum absolute atomic E-state index is 11.8. The van der Waals surface area contributed by atoms with E-state index in [-0.39, 0.29) is 5.76 Å². The number of amides is 1. The van der Waals surface area contributed by atoms with Gasteiger partial charge in [0.1, 0.15) is 4.92 Å². The monoisotopic (exact) mass is 241 g/mol. The second-order valence-corrected chi connectivity index (χ2v) is 3.77. The first-order valence-electron chi connectivity index (χ1n) is 5.09. The van der Waals surface area contributed by atoms with Crippen LogP contribution in [0.5, 0.6) is 0 Å². The zero-order valence-corrected chi connectivity index (χ0v) is 9.72. The molecular formula is C10H15N3O4. The third-order valence-corrected chi connectivity index (χ3v) is 2.47. The fourth-order valence-corrected chi connectivity index (χ4v) is 1.41. The van der Waals surface area contributed by atoms with Gasteiger partial charge in [-0.15, -0.1) is 0 Å². The van der Waals surface area contributed by atoms with Crippen LogP contribution in [-0.2, 0) is 9.53 Å². The van der Waals surface area contributed by atoms with E-state index >= 15 is 0 Å². The number of carbonyl (C=O) groups is 1. The smallest absolute Gasteiger partial charge is 0.396 e. The number of nitro groups is 1. The largest absolute Gasteiger partial charge is 0.426 e. The quantitative estimate of drug-likeness (QED) is 0.300. The van der Waals surface area contributed by atoms with E-state index in [4.69, 9.17) is 0 Å². The molecule has 0 atom stereocenters. The number of carbonyl (C=O) groups excluding carboxylic acids is 1. The van der Waals surface area contributed by atoms with Gasteiger partial charge in [0.15, 0.2) is 5.76 Å². The van der Waals surface area contributed by atoms with Crippen LogP contribution in [-0.4, -0.2) is 53.9 Å². The molecule has 0 spiro atoms. The topological polar surface area (TPSA) is 75.9 Å². The van der Waals surface area contributed by atoms with Crippen molar-refractivity contribution in [1.82, 2.24) is 9.80 Å². The third kappa shape index (κ3) is 3.56. The normalized spacial score (nSPS) is 16.4. The predicted molar refractivity (Wildman–Crippen MR) is 60.4 cm³/mol. The Kier molecular flexibility index (Phi) is 4.22. The van der Waals surface area contributed by atoms with Crippen LogP contribution in [0.2, 0.25) is 0 Å². The molecule has 0 unspecified atom stereocenters. The van der Waals surface area contributed by atoms with Crippen LogP contribution in [0, 0.1) is 10.1 Å². The molecule has 0 N–H and O–H groups in total. The van der Waals surface area contributed by atoms with Crippen LogP contribution in [0.25, 0.3) is 0 Å². The molecule has 0 aromatic rings. The lowest BCUT2D eigenvalue weighted by molar-refractivity contribution is -0.458. The van der Waals surface area contributed by atoms with Crippen molar-refractivity contribution in [2.75, 3.05) is 33.2 Å². The molecule has 94 valence electrons. The molecule has 1 aliphatic heterocycles. The van der Waals surface area contributed by atoms with Gasteiger partial charge in [-0.3, -0.25) is 14.9 Å². The van der Waals surface area contributed by atoms with Gasteiger partial charge < -0.3 is 14.5 Å². The van der Waals surface area contributed by atoms with E-state index in [0.29, 0.717) is 13.1 Å². The number of ether oxygens (including phenoxy) is 1. The minimum Gasteiger partial charge on any atom is -0.396 e. The summed E-state index contributed by atoms with van der Waals surface area (Å²) in [5, 5.41) is 10.3. The first-order chi connectivity index (χ1) is 7.91. The highest BCUT2D eigenvalue weighted by Crippen LogP contribution is 2.09. The van der Waals surface area contributed by atoms with E-state index in [1.54, 1.807) is 4.90 Å². The van der Waals surface area contributed by atoms with E-state index in [1.165, 1.54) is 0 Å². The Labute approximate surface area is 99.1 Å². The summed E-state index contributed by atoms with van der Waals surface area (Å²) in [5.74, 6) is -1.39. The molecule has 7 nitrogen and oxygen atoms in total. The highest BCUT2D eigenvalue weighted by Gasteiger charge is 2.24. The Morgan fingerprint density at radius 1 is 1.29 bits per heavy atom. The molecule has 1 saturated heterocycles. The summed E-state index contributed by atoms with van der Waals surface area (Å²) in [5.41, 5.74) is 0. The van der Waals surface area contributed by atoms with Gasteiger partial charge in [0, 0.05) is 32.8 Å². The summed E-state index contributed by atoms with van der Waals surface area (Å²) < 4.78 is 4.66. The van der Waals surface area contributed by atoms with E-state index in [1.807, 2.05) is 7.05 Å². The number of piperazine rings is 1. The minimum atomic E-state index is -0.803. The highest BCUT2D eigenvalue weighted by atomic mass is 16.7. The van der Waals surface area contributed by atoms with Crippen molar-refractivity contribution in [3.63, 3.8) is 0 Å².